The number of nitro groups is 1. The minimum Gasteiger partial charge on any atom is -0.497 e. The van der Waals surface area contributed by atoms with Gasteiger partial charge in [0, 0.05) is 17.5 Å². The van der Waals surface area contributed by atoms with Crippen LogP contribution in [-0.4, -0.2) is 25.7 Å². The van der Waals surface area contributed by atoms with Gasteiger partial charge in [-0.2, -0.15) is 0 Å². The van der Waals surface area contributed by atoms with Crippen LogP contribution in [0.15, 0.2) is 91.0 Å². The van der Waals surface area contributed by atoms with E-state index in [0.717, 1.165) is 24.3 Å². The van der Waals surface area contributed by atoms with E-state index >= 15 is 0 Å². The number of methoxy groups -OCH3 is 2. The van der Waals surface area contributed by atoms with Crippen LogP contribution < -0.4 is 14.2 Å². The summed E-state index contributed by atoms with van der Waals surface area (Å²) in [6, 6.07) is 29.9. The molecular weight excluding hydrogens is 478 g/mol. The Bertz CT molecular complexity index is 1350. The molecule has 0 saturated heterocycles. The first-order valence-corrected chi connectivity index (χ1v) is 12.8. The molecule has 4 rings (SSSR count). The number of benzene rings is 4. The average molecular weight is 512 g/mol. The molecule has 0 saturated carbocycles. The summed E-state index contributed by atoms with van der Waals surface area (Å²) in [4.78, 5) is 10.9. The molecule has 0 aliphatic rings. The predicted molar refractivity (Wildman–Crippen MR) is 150 cm³/mol. The Balaban J connectivity index is 1.58. The van der Waals surface area contributed by atoms with Crippen LogP contribution in [0.4, 0.5) is 5.69 Å². The van der Waals surface area contributed by atoms with Gasteiger partial charge in [-0.15, -0.1) is 0 Å². The Morgan fingerprint density at radius 1 is 0.763 bits per heavy atom. The molecule has 0 fully saturated rings. The Labute approximate surface area is 224 Å². The lowest BCUT2D eigenvalue weighted by atomic mass is 9.82. The molecule has 0 N–H and O–H groups in total. The smallest absolute Gasteiger partial charge is 0.272 e. The van der Waals surface area contributed by atoms with Crippen LogP contribution in [0.1, 0.15) is 47.1 Å². The average Bonchev–Trinajstić information content (AvgIpc) is 2.96. The van der Waals surface area contributed by atoms with Crippen LogP contribution >= 0.6 is 0 Å². The number of hydrogen-bond donors (Lipinski definition) is 0. The number of ether oxygens (including phenoxy) is 3. The zero-order valence-electron chi connectivity index (χ0n) is 22.1. The van der Waals surface area contributed by atoms with E-state index in [4.69, 9.17) is 14.2 Å². The highest BCUT2D eigenvalue weighted by atomic mass is 16.6. The van der Waals surface area contributed by atoms with E-state index in [9.17, 15) is 10.1 Å². The number of nitrogens with zero attached hydrogens (tertiary/aromatic N) is 1. The topological polar surface area (TPSA) is 70.8 Å². The normalized spacial score (nSPS) is 11.6. The molecular formula is C32H33NO5. The van der Waals surface area contributed by atoms with E-state index in [0.29, 0.717) is 24.3 Å². The molecule has 4 aromatic carbocycles. The van der Waals surface area contributed by atoms with Gasteiger partial charge in [-0.1, -0.05) is 55.5 Å². The number of rotatable bonds is 12. The van der Waals surface area contributed by atoms with Gasteiger partial charge in [0.05, 0.1) is 25.7 Å². The summed E-state index contributed by atoms with van der Waals surface area (Å²) >= 11 is 0. The van der Waals surface area contributed by atoms with Crippen molar-refractivity contribution >= 4 is 5.69 Å². The molecule has 0 aromatic heterocycles. The maximum Gasteiger partial charge on any atom is 0.272 e. The molecule has 0 heterocycles. The molecule has 38 heavy (non-hydrogen) atoms. The van der Waals surface area contributed by atoms with Gasteiger partial charge in [-0.3, -0.25) is 10.1 Å². The summed E-state index contributed by atoms with van der Waals surface area (Å²) in [5.74, 6) is 2.34. The van der Waals surface area contributed by atoms with Gasteiger partial charge >= 0.3 is 0 Å². The van der Waals surface area contributed by atoms with Crippen LogP contribution in [0.25, 0.3) is 0 Å². The third-order valence-electron chi connectivity index (χ3n) is 6.73. The molecule has 4 aromatic rings. The first-order valence-electron chi connectivity index (χ1n) is 12.8. The number of aryl methyl sites for hydroxylation is 2. The second-order valence-corrected chi connectivity index (χ2v) is 9.03. The van der Waals surface area contributed by atoms with Crippen molar-refractivity contribution < 1.29 is 19.1 Å². The Hall–Kier alpha value is -4.32. The third-order valence-corrected chi connectivity index (χ3v) is 6.73. The lowest BCUT2D eigenvalue weighted by molar-refractivity contribution is -0.385. The summed E-state index contributed by atoms with van der Waals surface area (Å²) in [7, 11) is 3.35. The second kappa shape index (κ2) is 12.8. The van der Waals surface area contributed by atoms with Crippen LogP contribution in [-0.2, 0) is 12.8 Å². The first kappa shape index (κ1) is 26.7. The predicted octanol–water partition coefficient (Wildman–Crippen LogP) is 7.37. The zero-order chi connectivity index (χ0) is 26.9. The molecule has 6 heteroatoms. The maximum absolute atomic E-state index is 11.2. The monoisotopic (exact) mass is 511 g/mol. The molecule has 0 spiro atoms. The first-order chi connectivity index (χ1) is 18.5. The Kier molecular flexibility index (Phi) is 8.98. The molecule has 1 atom stereocenters. The number of nitro benzene ring substituents is 1. The van der Waals surface area contributed by atoms with Crippen molar-refractivity contribution in [2.24, 2.45) is 0 Å². The Morgan fingerprint density at radius 2 is 1.39 bits per heavy atom. The number of hydrogen-bond acceptors (Lipinski definition) is 5. The summed E-state index contributed by atoms with van der Waals surface area (Å²) in [5.41, 5.74) is 5.59. The summed E-state index contributed by atoms with van der Waals surface area (Å²) in [5, 5.41) is 11.2. The van der Waals surface area contributed by atoms with Crippen LogP contribution in [0.2, 0.25) is 0 Å². The highest BCUT2D eigenvalue weighted by molar-refractivity contribution is 5.49. The molecule has 0 bridgehead atoms. The highest BCUT2D eigenvalue weighted by Gasteiger charge is 2.21. The van der Waals surface area contributed by atoms with Gasteiger partial charge in [-0.05, 0) is 77.9 Å². The van der Waals surface area contributed by atoms with E-state index in [-0.39, 0.29) is 16.5 Å². The van der Waals surface area contributed by atoms with E-state index < -0.39 is 0 Å². The van der Waals surface area contributed by atoms with E-state index in [1.165, 1.54) is 28.3 Å². The van der Waals surface area contributed by atoms with Crippen LogP contribution in [0.5, 0.6) is 17.2 Å². The fourth-order valence-electron chi connectivity index (χ4n) is 4.77. The van der Waals surface area contributed by atoms with Crippen molar-refractivity contribution in [2.45, 2.75) is 32.1 Å². The summed E-state index contributed by atoms with van der Waals surface area (Å²) in [6.07, 6.45) is 2.15. The SMILES string of the molecule is CCc1cc(OCCCc2cc(OC)ccc2C(c2ccccc2)c2ccc(OC)cc2)ccc1[N+](=O)[O-]. The maximum atomic E-state index is 11.2. The molecule has 0 aliphatic carbocycles. The van der Waals surface area contributed by atoms with Gasteiger partial charge in [0.2, 0.25) is 0 Å². The highest BCUT2D eigenvalue weighted by Crippen LogP contribution is 2.36. The lowest BCUT2D eigenvalue weighted by Gasteiger charge is -2.23. The summed E-state index contributed by atoms with van der Waals surface area (Å²) < 4.78 is 16.9. The standard InChI is InChI=1S/C32H33NO5/c1-4-23-21-29(17-19-31(23)33(34)35)38-20-8-11-26-22-28(37-3)16-18-30(26)32(24-9-6-5-7-10-24)25-12-14-27(36-2)15-13-25/h5-7,9-10,12-19,21-22,32H,4,8,11,20H2,1-3H3. The quantitative estimate of drug-likeness (QED) is 0.0860. The van der Waals surface area contributed by atoms with Gasteiger partial charge in [0.25, 0.3) is 5.69 Å². The van der Waals surface area contributed by atoms with Crippen LogP contribution in [0.3, 0.4) is 0 Å². The second-order valence-electron chi connectivity index (χ2n) is 9.03. The lowest BCUT2D eigenvalue weighted by Crippen LogP contribution is -2.09. The fraction of sp³-hybridized carbons (Fsp3) is 0.250. The minimum absolute atomic E-state index is 0.0470. The zero-order valence-corrected chi connectivity index (χ0v) is 22.1. The molecule has 1 unspecified atom stereocenters. The van der Waals surface area contributed by atoms with Crippen molar-refractivity contribution in [1.29, 1.82) is 0 Å². The van der Waals surface area contributed by atoms with Crippen molar-refractivity contribution in [3.8, 4) is 17.2 Å². The van der Waals surface area contributed by atoms with Crippen LogP contribution in [0, 0.1) is 10.1 Å². The van der Waals surface area contributed by atoms with E-state index in [1.807, 2.05) is 31.2 Å². The van der Waals surface area contributed by atoms with Crippen molar-refractivity contribution in [3.63, 3.8) is 0 Å². The minimum atomic E-state index is -0.348. The fourth-order valence-corrected chi connectivity index (χ4v) is 4.77. The molecule has 6 nitrogen and oxygen atoms in total. The molecule has 0 amide bonds. The molecule has 196 valence electrons. The van der Waals surface area contributed by atoms with Gasteiger partial charge in [0.1, 0.15) is 17.2 Å². The molecule has 0 aliphatic heterocycles. The van der Waals surface area contributed by atoms with Crippen molar-refractivity contribution in [3.05, 3.63) is 129 Å². The molecule has 0 radical (unpaired) electrons. The third kappa shape index (κ3) is 6.32. The Morgan fingerprint density at radius 3 is 2.05 bits per heavy atom. The van der Waals surface area contributed by atoms with E-state index in [2.05, 4.69) is 48.5 Å². The van der Waals surface area contributed by atoms with Gasteiger partial charge in [0.15, 0.2) is 0 Å². The van der Waals surface area contributed by atoms with E-state index in [1.54, 1.807) is 26.4 Å². The van der Waals surface area contributed by atoms with Crippen molar-refractivity contribution in [1.82, 2.24) is 0 Å². The summed E-state index contributed by atoms with van der Waals surface area (Å²) in [6.45, 7) is 2.40. The van der Waals surface area contributed by atoms with Gasteiger partial charge < -0.3 is 14.2 Å². The van der Waals surface area contributed by atoms with Crippen molar-refractivity contribution in [2.75, 3.05) is 20.8 Å². The van der Waals surface area contributed by atoms with Gasteiger partial charge in [-0.25, -0.2) is 0 Å². The largest absolute Gasteiger partial charge is 0.497 e.